The van der Waals surface area contributed by atoms with Crippen molar-refractivity contribution in [1.82, 2.24) is 9.55 Å². The van der Waals surface area contributed by atoms with E-state index in [4.69, 9.17) is 4.74 Å². The number of aromatic nitrogens is 2. The zero-order valence-corrected chi connectivity index (χ0v) is 13.3. The summed E-state index contributed by atoms with van der Waals surface area (Å²) < 4.78 is 6.15. The van der Waals surface area contributed by atoms with E-state index in [-0.39, 0.29) is 17.0 Å². The Labute approximate surface area is 132 Å². The number of H-pyrrole nitrogens is 1. The van der Waals surface area contributed by atoms with E-state index in [0.29, 0.717) is 5.56 Å². The molecule has 2 aromatic rings. The van der Waals surface area contributed by atoms with Crippen molar-refractivity contribution in [3.8, 4) is 11.4 Å². The van der Waals surface area contributed by atoms with Crippen LogP contribution in [0.1, 0.15) is 36.7 Å². The standard InChI is InChI=1S/C16H18N2O5/c1-16(2,3)11-8-9(7-10(14(20)21)13(11)23-4)18-12(19)5-6-17-15(18)22/h5-8H,1-4H3,(H,17,22)(H,20,21). The van der Waals surface area contributed by atoms with Gasteiger partial charge in [-0.05, 0) is 17.5 Å². The van der Waals surface area contributed by atoms with Crippen LogP contribution in [0.25, 0.3) is 5.69 Å². The first-order chi connectivity index (χ1) is 10.7. The fourth-order valence-corrected chi connectivity index (χ4v) is 2.35. The van der Waals surface area contributed by atoms with Gasteiger partial charge in [0.1, 0.15) is 11.3 Å². The maximum Gasteiger partial charge on any atom is 0.339 e. The van der Waals surface area contributed by atoms with Crippen molar-refractivity contribution in [3.63, 3.8) is 0 Å². The molecular formula is C16H18N2O5. The average molecular weight is 318 g/mol. The van der Waals surface area contributed by atoms with Gasteiger partial charge in [-0.1, -0.05) is 20.8 Å². The maximum absolute atomic E-state index is 12.0. The van der Waals surface area contributed by atoms with Crippen LogP contribution in [0, 0.1) is 0 Å². The van der Waals surface area contributed by atoms with Gasteiger partial charge in [0, 0.05) is 17.8 Å². The Morgan fingerprint density at radius 3 is 2.39 bits per heavy atom. The lowest BCUT2D eigenvalue weighted by Gasteiger charge is -2.24. The number of carboxylic acids is 1. The minimum Gasteiger partial charge on any atom is -0.496 e. The number of nitrogens with one attached hydrogen (secondary N) is 1. The number of benzene rings is 1. The number of aromatic carboxylic acids is 1. The Bertz CT molecular complexity index is 843. The highest BCUT2D eigenvalue weighted by Gasteiger charge is 2.26. The van der Waals surface area contributed by atoms with Crippen LogP contribution in [0.2, 0.25) is 0 Å². The van der Waals surface area contributed by atoms with Crippen molar-refractivity contribution >= 4 is 5.97 Å². The normalized spacial score (nSPS) is 11.3. The zero-order valence-electron chi connectivity index (χ0n) is 13.3. The van der Waals surface area contributed by atoms with Crippen molar-refractivity contribution in [2.45, 2.75) is 26.2 Å². The molecule has 0 unspecified atom stereocenters. The van der Waals surface area contributed by atoms with E-state index in [1.54, 1.807) is 6.07 Å². The molecule has 0 aliphatic carbocycles. The number of nitrogens with zero attached hydrogens (tertiary/aromatic N) is 1. The Morgan fingerprint density at radius 2 is 1.91 bits per heavy atom. The van der Waals surface area contributed by atoms with Gasteiger partial charge in [-0.3, -0.25) is 4.79 Å². The van der Waals surface area contributed by atoms with Crippen molar-refractivity contribution < 1.29 is 14.6 Å². The maximum atomic E-state index is 12.0. The van der Waals surface area contributed by atoms with E-state index in [1.165, 1.54) is 25.4 Å². The molecular weight excluding hydrogens is 300 g/mol. The largest absolute Gasteiger partial charge is 0.496 e. The molecule has 0 radical (unpaired) electrons. The number of aromatic amines is 1. The summed E-state index contributed by atoms with van der Waals surface area (Å²) in [4.78, 5) is 37.9. The van der Waals surface area contributed by atoms with E-state index < -0.39 is 22.6 Å². The predicted molar refractivity (Wildman–Crippen MR) is 84.9 cm³/mol. The Morgan fingerprint density at radius 1 is 1.26 bits per heavy atom. The Balaban J connectivity index is 2.92. The van der Waals surface area contributed by atoms with E-state index >= 15 is 0 Å². The zero-order chi connectivity index (χ0) is 17.4. The minimum atomic E-state index is -1.20. The fraction of sp³-hybridized carbons (Fsp3) is 0.312. The molecule has 1 heterocycles. The first kappa shape index (κ1) is 16.5. The highest BCUT2D eigenvalue weighted by atomic mass is 16.5. The Kier molecular flexibility index (Phi) is 4.14. The molecule has 1 aromatic heterocycles. The topological polar surface area (TPSA) is 101 Å². The lowest BCUT2D eigenvalue weighted by atomic mass is 9.84. The van der Waals surface area contributed by atoms with Crippen LogP contribution in [0.4, 0.5) is 0 Å². The summed E-state index contributed by atoms with van der Waals surface area (Å²) in [5.74, 6) is -0.983. The molecule has 0 aliphatic rings. The summed E-state index contributed by atoms with van der Waals surface area (Å²) in [6.07, 6.45) is 1.24. The summed E-state index contributed by atoms with van der Waals surface area (Å²) in [7, 11) is 1.39. The van der Waals surface area contributed by atoms with Gasteiger partial charge in [-0.15, -0.1) is 0 Å². The second-order valence-electron chi connectivity index (χ2n) is 6.09. The van der Waals surface area contributed by atoms with Gasteiger partial charge < -0.3 is 14.8 Å². The van der Waals surface area contributed by atoms with E-state index in [1.807, 2.05) is 20.8 Å². The molecule has 0 atom stereocenters. The number of hydrogen-bond donors (Lipinski definition) is 2. The van der Waals surface area contributed by atoms with Crippen LogP contribution in [-0.2, 0) is 5.41 Å². The molecule has 23 heavy (non-hydrogen) atoms. The van der Waals surface area contributed by atoms with Crippen LogP contribution in [0.3, 0.4) is 0 Å². The van der Waals surface area contributed by atoms with Crippen molar-refractivity contribution in [3.05, 3.63) is 56.4 Å². The second-order valence-corrected chi connectivity index (χ2v) is 6.09. The molecule has 7 nitrogen and oxygen atoms in total. The van der Waals surface area contributed by atoms with Crippen LogP contribution >= 0.6 is 0 Å². The summed E-state index contributed by atoms with van der Waals surface area (Å²) in [6.45, 7) is 5.66. The first-order valence-electron chi connectivity index (χ1n) is 6.93. The van der Waals surface area contributed by atoms with Gasteiger partial charge >= 0.3 is 11.7 Å². The number of rotatable bonds is 3. The third-order valence-electron chi connectivity index (χ3n) is 3.43. The van der Waals surface area contributed by atoms with Crippen LogP contribution in [0.5, 0.6) is 5.75 Å². The molecule has 0 spiro atoms. The molecule has 0 amide bonds. The summed E-state index contributed by atoms with van der Waals surface area (Å²) in [5, 5.41) is 9.44. The van der Waals surface area contributed by atoms with Crippen LogP contribution < -0.4 is 16.0 Å². The van der Waals surface area contributed by atoms with Gasteiger partial charge in [0.05, 0.1) is 12.8 Å². The number of hydrogen-bond acceptors (Lipinski definition) is 4. The van der Waals surface area contributed by atoms with E-state index in [2.05, 4.69) is 4.98 Å². The summed E-state index contributed by atoms with van der Waals surface area (Å²) in [5.41, 5.74) is -0.972. The van der Waals surface area contributed by atoms with Gasteiger partial charge in [0.15, 0.2) is 0 Å². The monoisotopic (exact) mass is 318 g/mol. The molecule has 2 N–H and O–H groups in total. The third-order valence-corrected chi connectivity index (χ3v) is 3.43. The van der Waals surface area contributed by atoms with Gasteiger partial charge in [-0.2, -0.15) is 0 Å². The van der Waals surface area contributed by atoms with Crippen LogP contribution in [-0.4, -0.2) is 27.7 Å². The quantitative estimate of drug-likeness (QED) is 0.893. The molecule has 7 heteroatoms. The molecule has 0 saturated carbocycles. The predicted octanol–water partition coefficient (Wildman–Crippen LogP) is 1.53. The van der Waals surface area contributed by atoms with Gasteiger partial charge in [0.2, 0.25) is 0 Å². The summed E-state index contributed by atoms with van der Waals surface area (Å²) >= 11 is 0. The molecule has 0 aliphatic heterocycles. The SMILES string of the molecule is COc1c(C(=O)O)cc(-n2c(=O)cc[nH]c2=O)cc1C(C)(C)C. The Hall–Kier alpha value is -2.83. The molecule has 0 saturated heterocycles. The van der Waals surface area contributed by atoms with Crippen molar-refractivity contribution in [2.75, 3.05) is 7.11 Å². The van der Waals surface area contributed by atoms with Gasteiger partial charge in [0.25, 0.3) is 5.56 Å². The minimum absolute atomic E-state index is 0.106. The highest BCUT2D eigenvalue weighted by molar-refractivity contribution is 5.92. The lowest BCUT2D eigenvalue weighted by Crippen LogP contribution is -2.33. The molecule has 0 fully saturated rings. The molecule has 2 rings (SSSR count). The highest BCUT2D eigenvalue weighted by Crippen LogP contribution is 2.35. The number of ether oxygens (including phenoxy) is 1. The second kappa shape index (κ2) is 5.75. The average Bonchev–Trinajstić information content (AvgIpc) is 2.45. The van der Waals surface area contributed by atoms with E-state index in [9.17, 15) is 19.5 Å². The first-order valence-corrected chi connectivity index (χ1v) is 6.93. The molecule has 0 bridgehead atoms. The third kappa shape index (κ3) is 3.03. The van der Waals surface area contributed by atoms with Crippen molar-refractivity contribution in [2.24, 2.45) is 0 Å². The lowest BCUT2D eigenvalue weighted by molar-refractivity contribution is 0.0693. The number of methoxy groups -OCH3 is 1. The van der Waals surface area contributed by atoms with Gasteiger partial charge in [-0.25, -0.2) is 14.2 Å². The van der Waals surface area contributed by atoms with Crippen LogP contribution in [0.15, 0.2) is 34.0 Å². The number of carbonyl (C=O) groups is 1. The van der Waals surface area contributed by atoms with Crippen molar-refractivity contribution in [1.29, 1.82) is 0 Å². The molecule has 122 valence electrons. The number of carboxylic acid groups (broad SMARTS) is 1. The summed E-state index contributed by atoms with van der Waals surface area (Å²) in [6, 6.07) is 4.05. The fourth-order valence-electron chi connectivity index (χ4n) is 2.35. The smallest absolute Gasteiger partial charge is 0.339 e. The molecule has 1 aromatic carbocycles. The van der Waals surface area contributed by atoms with E-state index in [0.717, 1.165) is 4.57 Å².